The van der Waals surface area contributed by atoms with E-state index in [0.717, 1.165) is 6.54 Å². The highest BCUT2D eigenvalue weighted by Gasteiger charge is 2.39. The van der Waals surface area contributed by atoms with Gasteiger partial charge in [0.15, 0.2) is 0 Å². The highest BCUT2D eigenvalue weighted by atomic mass is 16.3. The van der Waals surface area contributed by atoms with E-state index in [2.05, 4.69) is 5.32 Å². The van der Waals surface area contributed by atoms with Crippen molar-refractivity contribution < 1.29 is 5.11 Å². The van der Waals surface area contributed by atoms with Gasteiger partial charge in [0.05, 0.1) is 0 Å². The van der Waals surface area contributed by atoms with Crippen molar-refractivity contribution in [1.29, 1.82) is 0 Å². The zero-order chi connectivity index (χ0) is 10.7. The largest absolute Gasteiger partial charge is 0.396 e. The molecule has 3 nitrogen and oxygen atoms in total. The van der Waals surface area contributed by atoms with Crippen LogP contribution in [0.5, 0.6) is 0 Å². The van der Waals surface area contributed by atoms with Gasteiger partial charge in [-0.25, -0.2) is 0 Å². The maximum Gasteiger partial charge on any atom is 0.0474 e. The average Bonchev–Trinajstić information content (AvgIpc) is 2.24. The first kappa shape index (κ1) is 11.4. The second-order valence-corrected chi connectivity index (χ2v) is 5.32. The molecule has 0 aromatic carbocycles. The van der Waals surface area contributed by atoms with Crippen molar-refractivity contribution in [1.82, 2.24) is 5.32 Å². The van der Waals surface area contributed by atoms with E-state index < -0.39 is 0 Å². The first-order chi connectivity index (χ1) is 7.29. The molecule has 2 atom stereocenters. The van der Waals surface area contributed by atoms with E-state index in [1.807, 2.05) is 0 Å². The molecule has 4 N–H and O–H groups in total. The van der Waals surface area contributed by atoms with Crippen LogP contribution in [0.25, 0.3) is 0 Å². The molecule has 0 amide bonds. The topological polar surface area (TPSA) is 58.3 Å². The number of hydrogen-bond acceptors (Lipinski definition) is 3. The molecule has 0 spiro atoms. The summed E-state index contributed by atoms with van der Waals surface area (Å²) in [6, 6.07) is 0.507. The van der Waals surface area contributed by atoms with Crippen molar-refractivity contribution in [2.24, 2.45) is 11.7 Å². The van der Waals surface area contributed by atoms with Gasteiger partial charge in [0, 0.05) is 24.7 Å². The third-order valence-corrected chi connectivity index (χ3v) is 4.34. The first-order valence-corrected chi connectivity index (χ1v) is 6.38. The van der Waals surface area contributed by atoms with Crippen LogP contribution in [0, 0.1) is 5.92 Å². The molecule has 2 rings (SSSR count). The summed E-state index contributed by atoms with van der Waals surface area (Å²) < 4.78 is 0. The average molecular weight is 212 g/mol. The van der Waals surface area contributed by atoms with E-state index in [0.29, 0.717) is 18.6 Å². The highest BCUT2D eigenvalue weighted by molar-refractivity contribution is 5.00. The summed E-state index contributed by atoms with van der Waals surface area (Å²) >= 11 is 0. The standard InChI is InChI=1S/C12H24N2O/c13-9-12(6-3-7-12)14-11-5-2-1-4-10(11)8-15/h10-11,14-15H,1-9,13H2. The van der Waals surface area contributed by atoms with E-state index in [1.54, 1.807) is 0 Å². The number of rotatable bonds is 4. The smallest absolute Gasteiger partial charge is 0.0474 e. The molecule has 88 valence electrons. The molecule has 0 aromatic heterocycles. The number of hydrogen-bond donors (Lipinski definition) is 3. The SMILES string of the molecule is NCC1(NC2CCCCC2CO)CCC1. The Morgan fingerprint density at radius 1 is 1.20 bits per heavy atom. The lowest BCUT2D eigenvalue weighted by Crippen LogP contribution is -2.61. The van der Waals surface area contributed by atoms with E-state index in [9.17, 15) is 5.11 Å². The van der Waals surface area contributed by atoms with Gasteiger partial charge in [-0.15, -0.1) is 0 Å². The van der Waals surface area contributed by atoms with Crippen LogP contribution in [0.4, 0.5) is 0 Å². The molecule has 2 unspecified atom stereocenters. The summed E-state index contributed by atoms with van der Waals surface area (Å²) in [6.45, 7) is 1.08. The second-order valence-electron chi connectivity index (χ2n) is 5.32. The quantitative estimate of drug-likeness (QED) is 0.652. The Hall–Kier alpha value is -0.120. The van der Waals surface area contributed by atoms with Crippen LogP contribution in [0.3, 0.4) is 0 Å². The molecule has 0 bridgehead atoms. The van der Waals surface area contributed by atoms with Gasteiger partial charge in [-0.3, -0.25) is 0 Å². The van der Waals surface area contributed by atoms with E-state index in [1.165, 1.54) is 44.9 Å². The van der Waals surface area contributed by atoms with Crippen LogP contribution in [0.15, 0.2) is 0 Å². The van der Waals surface area contributed by atoms with Crippen molar-refractivity contribution in [2.45, 2.75) is 56.5 Å². The summed E-state index contributed by atoms with van der Waals surface area (Å²) in [4.78, 5) is 0. The van der Waals surface area contributed by atoms with Crippen LogP contribution in [0.1, 0.15) is 44.9 Å². The van der Waals surface area contributed by atoms with Gasteiger partial charge in [-0.2, -0.15) is 0 Å². The van der Waals surface area contributed by atoms with Gasteiger partial charge in [-0.05, 0) is 38.0 Å². The van der Waals surface area contributed by atoms with E-state index in [-0.39, 0.29) is 5.54 Å². The Kier molecular flexibility index (Phi) is 3.65. The third-order valence-electron chi connectivity index (χ3n) is 4.34. The summed E-state index contributed by atoms with van der Waals surface area (Å²) in [5, 5.41) is 13.1. The molecule has 0 aliphatic heterocycles. The zero-order valence-electron chi connectivity index (χ0n) is 9.54. The molecule has 0 heterocycles. The maximum atomic E-state index is 9.35. The molecule has 2 fully saturated rings. The van der Waals surface area contributed by atoms with Crippen molar-refractivity contribution in [3.63, 3.8) is 0 Å². The van der Waals surface area contributed by atoms with Gasteiger partial charge >= 0.3 is 0 Å². The molecule has 0 radical (unpaired) electrons. The van der Waals surface area contributed by atoms with Crippen molar-refractivity contribution in [2.75, 3.05) is 13.2 Å². The maximum absolute atomic E-state index is 9.35. The molecular weight excluding hydrogens is 188 g/mol. The summed E-state index contributed by atoms with van der Waals surface area (Å²) in [5.74, 6) is 0.461. The fourth-order valence-electron chi connectivity index (χ4n) is 3.02. The summed E-state index contributed by atoms with van der Waals surface area (Å²) in [6.07, 6.45) is 8.71. The molecule has 2 aliphatic carbocycles. The molecule has 0 saturated heterocycles. The Morgan fingerprint density at radius 3 is 2.47 bits per heavy atom. The highest BCUT2D eigenvalue weighted by Crippen LogP contribution is 2.34. The van der Waals surface area contributed by atoms with Gasteiger partial charge < -0.3 is 16.2 Å². The summed E-state index contributed by atoms with van der Waals surface area (Å²) in [7, 11) is 0. The zero-order valence-corrected chi connectivity index (χ0v) is 9.54. The molecule has 0 aromatic rings. The number of nitrogens with two attached hydrogens (primary N) is 1. The van der Waals surface area contributed by atoms with Crippen LogP contribution >= 0.6 is 0 Å². The fraction of sp³-hybridized carbons (Fsp3) is 1.00. The Morgan fingerprint density at radius 2 is 1.93 bits per heavy atom. The first-order valence-electron chi connectivity index (χ1n) is 6.38. The minimum atomic E-state index is 0.218. The molecule has 2 aliphatic rings. The van der Waals surface area contributed by atoms with Crippen molar-refractivity contribution in [3.05, 3.63) is 0 Å². The minimum absolute atomic E-state index is 0.218. The van der Waals surface area contributed by atoms with Crippen LogP contribution in [0.2, 0.25) is 0 Å². The van der Waals surface area contributed by atoms with Gasteiger partial charge in [-0.1, -0.05) is 12.8 Å². The van der Waals surface area contributed by atoms with Gasteiger partial charge in [0.2, 0.25) is 0 Å². The minimum Gasteiger partial charge on any atom is -0.396 e. The number of nitrogens with one attached hydrogen (secondary N) is 1. The predicted molar refractivity (Wildman–Crippen MR) is 61.6 cm³/mol. The molecular formula is C12H24N2O. The number of aliphatic hydroxyl groups is 1. The van der Waals surface area contributed by atoms with Crippen LogP contribution in [-0.2, 0) is 0 Å². The van der Waals surface area contributed by atoms with Crippen LogP contribution in [-0.4, -0.2) is 29.8 Å². The van der Waals surface area contributed by atoms with E-state index in [4.69, 9.17) is 5.73 Å². The Labute approximate surface area is 92.4 Å². The summed E-state index contributed by atoms with van der Waals surface area (Å²) in [5.41, 5.74) is 6.07. The lowest BCUT2D eigenvalue weighted by molar-refractivity contribution is 0.0964. The van der Waals surface area contributed by atoms with Gasteiger partial charge in [0.1, 0.15) is 0 Å². The molecule has 15 heavy (non-hydrogen) atoms. The van der Waals surface area contributed by atoms with Crippen molar-refractivity contribution in [3.8, 4) is 0 Å². The van der Waals surface area contributed by atoms with Gasteiger partial charge in [0.25, 0.3) is 0 Å². The monoisotopic (exact) mass is 212 g/mol. The molecule has 2 saturated carbocycles. The van der Waals surface area contributed by atoms with Crippen molar-refractivity contribution >= 4 is 0 Å². The lowest BCUT2D eigenvalue weighted by atomic mass is 9.74. The third kappa shape index (κ3) is 2.35. The molecule has 3 heteroatoms. The lowest BCUT2D eigenvalue weighted by Gasteiger charge is -2.47. The fourth-order valence-corrected chi connectivity index (χ4v) is 3.02. The Bertz CT molecular complexity index is 198. The normalized spacial score (nSPS) is 34.8. The number of aliphatic hydroxyl groups excluding tert-OH is 1. The van der Waals surface area contributed by atoms with Crippen LogP contribution < -0.4 is 11.1 Å². The predicted octanol–water partition coefficient (Wildman–Crippen LogP) is 1.01. The van der Waals surface area contributed by atoms with E-state index >= 15 is 0 Å². The second kappa shape index (κ2) is 4.81. The Balaban J connectivity index is 1.90.